The normalized spacial score (nSPS) is 18.6. The molecule has 1 N–H and O–H groups in total. The van der Waals surface area contributed by atoms with Gasteiger partial charge >= 0.3 is 0 Å². The van der Waals surface area contributed by atoms with Crippen LogP contribution in [0.5, 0.6) is 11.5 Å². The Morgan fingerprint density at radius 1 is 1.09 bits per heavy atom. The van der Waals surface area contributed by atoms with Crippen molar-refractivity contribution in [2.75, 3.05) is 26.7 Å². The molecule has 1 aliphatic carbocycles. The fourth-order valence-corrected chi connectivity index (χ4v) is 5.32. The first kappa shape index (κ1) is 23.6. The summed E-state index contributed by atoms with van der Waals surface area (Å²) in [6.45, 7) is 7.11. The zero-order valence-corrected chi connectivity index (χ0v) is 20.2. The van der Waals surface area contributed by atoms with Crippen molar-refractivity contribution in [1.29, 1.82) is 0 Å². The van der Waals surface area contributed by atoms with Gasteiger partial charge in [-0.15, -0.1) is 0 Å². The van der Waals surface area contributed by atoms with Crippen LogP contribution in [0.3, 0.4) is 0 Å². The van der Waals surface area contributed by atoms with Gasteiger partial charge in [0.1, 0.15) is 12.4 Å². The van der Waals surface area contributed by atoms with Gasteiger partial charge in [-0.05, 0) is 70.8 Å². The van der Waals surface area contributed by atoms with Gasteiger partial charge < -0.3 is 19.3 Å². The van der Waals surface area contributed by atoms with Crippen LogP contribution in [0.4, 0.5) is 0 Å². The lowest BCUT2D eigenvalue weighted by atomic mass is 9.79. The smallest absolute Gasteiger partial charge is 0.251 e. The zero-order valence-electron chi connectivity index (χ0n) is 20.2. The quantitative estimate of drug-likeness (QED) is 0.616. The summed E-state index contributed by atoms with van der Waals surface area (Å²) in [4.78, 5) is 15.7. The Morgan fingerprint density at radius 2 is 1.82 bits per heavy atom. The van der Waals surface area contributed by atoms with E-state index in [0.717, 1.165) is 30.1 Å². The van der Waals surface area contributed by atoms with Gasteiger partial charge in [-0.1, -0.05) is 30.8 Å². The number of amides is 1. The first-order valence-corrected chi connectivity index (χ1v) is 12.3. The van der Waals surface area contributed by atoms with Gasteiger partial charge in [-0.3, -0.25) is 9.69 Å². The first-order chi connectivity index (χ1) is 16.0. The topological polar surface area (TPSA) is 76.8 Å². The highest BCUT2D eigenvalue weighted by molar-refractivity contribution is 5.95. The second kappa shape index (κ2) is 10.6. The number of carbonyl (C=O) groups is 1. The standard InChI is InChI=1S/C26H37N3O4/c1-19-22(20(2)33-28-19)17-32-23-11-10-21(16-24(23)31-3)25(30)27-18-26(12-6-4-7-13-26)29-14-8-5-9-15-29/h10-11,16H,4-9,12-15,17-18H2,1-3H3,(H,27,30). The van der Waals surface area contributed by atoms with E-state index in [2.05, 4.69) is 15.4 Å². The SMILES string of the molecule is COc1cc(C(=O)NCC2(N3CCCCC3)CCCCC2)ccc1OCc1c(C)noc1C. The van der Waals surface area contributed by atoms with Crippen molar-refractivity contribution in [3.05, 3.63) is 40.8 Å². The number of methoxy groups -OCH3 is 1. The van der Waals surface area contributed by atoms with E-state index in [1.807, 2.05) is 13.8 Å². The van der Waals surface area contributed by atoms with Crippen LogP contribution in [-0.2, 0) is 6.61 Å². The van der Waals surface area contributed by atoms with Gasteiger partial charge in [0.25, 0.3) is 5.91 Å². The average Bonchev–Trinajstić information content (AvgIpc) is 3.19. The molecule has 0 spiro atoms. The molecule has 33 heavy (non-hydrogen) atoms. The van der Waals surface area contributed by atoms with Gasteiger partial charge in [0.05, 0.1) is 18.4 Å². The number of carbonyl (C=O) groups excluding carboxylic acids is 1. The molecule has 180 valence electrons. The van der Waals surface area contributed by atoms with E-state index in [9.17, 15) is 4.79 Å². The highest BCUT2D eigenvalue weighted by Gasteiger charge is 2.38. The Bertz CT molecular complexity index is 924. The molecule has 0 atom stereocenters. The van der Waals surface area contributed by atoms with Crippen molar-refractivity contribution in [3.8, 4) is 11.5 Å². The van der Waals surface area contributed by atoms with E-state index in [1.54, 1.807) is 25.3 Å². The molecule has 0 radical (unpaired) electrons. The lowest BCUT2D eigenvalue weighted by Gasteiger charge is -2.48. The number of piperidine rings is 1. The van der Waals surface area contributed by atoms with E-state index >= 15 is 0 Å². The summed E-state index contributed by atoms with van der Waals surface area (Å²) in [7, 11) is 1.59. The third kappa shape index (κ3) is 5.35. The number of rotatable bonds is 8. The zero-order chi connectivity index (χ0) is 23.3. The van der Waals surface area contributed by atoms with Crippen molar-refractivity contribution >= 4 is 5.91 Å². The molecule has 7 nitrogen and oxygen atoms in total. The molecule has 1 aromatic carbocycles. The molecule has 2 fully saturated rings. The first-order valence-electron chi connectivity index (χ1n) is 12.3. The Labute approximate surface area is 196 Å². The molecule has 2 aliphatic rings. The largest absolute Gasteiger partial charge is 0.493 e. The van der Waals surface area contributed by atoms with Gasteiger partial charge in [0.15, 0.2) is 11.5 Å². The molecule has 4 rings (SSSR count). The van der Waals surface area contributed by atoms with Crippen molar-refractivity contribution in [3.63, 3.8) is 0 Å². The highest BCUT2D eigenvalue weighted by atomic mass is 16.5. The third-order valence-electron chi connectivity index (χ3n) is 7.37. The fourth-order valence-electron chi connectivity index (χ4n) is 5.32. The average molecular weight is 456 g/mol. The van der Waals surface area contributed by atoms with Crippen LogP contribution in [0, 0.1) is 13.8 Å². The summed E-state index contributed by atoms with van der Waals surface area (Å²) < 4.78 is 16.7. The molecule has 1 aliphatic heterocycles. The number of benzene rings is 1. The van der Waals surface area contributed by atoms with Crippen molar-refractivity contribution in [2.24, 2.45) is 0 Å². The molecular weight excluding hydrogens is 418 g/mol. The van der Waals surface area contributed by atoms with E-state index in [4.69, 9.17) is 14.0 Å². The van der Waals surface area contributed by atoms with E-state index in [0.29, 0.717) is 30.2 Å². The number of aromatic nitrogens is 1. The van der Waals surface area contributed by atoms with Crippen LogP contribution in [0.25, 0.3) is 0 Å². The predicted molar refractivity (Wildman–Crippen MR) is 127 cm³/mol. The van der Waals surface area contributed by atoms with Crippen LogP contribution in [-0.4, -0.2) is 48.2 Å². The van der Waals surface area contributed by atoms with Crippen LogP contribution < -0.4 is 14.8 Å². The molecule has 7 heteroatoms. The molecule has 1 saturated heterocycles. The Kier molecular flexibility index (Phi) is 7.58. The molecule has 0 bridgehead atoms. The Balaban J connectivity index is 1.42. The van der Waals surface area contributed by atoms with Gasteiger partial charge in [0, 0.05) is 17.6 Å². The molecule has 1 aromatic heterocycles. The lowest BCUT2D eigenvalue weighted by molar-refractivity contribution is 0.0326. The minimum absolute atomic E-state index is 0.0625. The number of hydrogen-bond acceptors (Lipinski definition) is 6. The van der Waals surface area contributed by atoms with Crippen molar-refractivity contribution in [1.82, 2.24) is 15.4 Å². The van der Waals surface area contributed by atoms with Gasteiger partial charge in [0.2, 0.25) is 0 Å². The monoisotopic (exact) mass is 455 g/mol. The van der Waals surface area contributed by atoms with Crippen molar-refractivity contribution in [2.45, 2.75) is 77.4 Å². The number of ether oxygens (including phenoxy) is 2. The summed E-state index contributed by atoms with van der Waals surface area (Å²) in [6.07, 6.45) is 10.00. The maximum absolute atomic E-state index is 13.1. The highest BCUT2D eigenvalue weighted by Crippen LogP contribution is 2.35. The Morgan fingerprint density at radius 3 is 2.48 bits per heavy atom. The second-order valence-corrected chi connectivity index (χ2v) is 9.47. The lowest BCUT2D eigenvalue weighted by Crippen LogP contribution is -2.58. The fraction of sp³-hybridized carbons (Fsp3) is 0.615. The summed E-state index contributed by atoms with van der Waals surface area (Å²) in [5.41, 5.74) is 2.43. The summed E-state index contributed by atoms with van der Waals surface area (Å²) in [6, 6.07) is 5.36. The van der Waals surface area contributed by atoms with E-state index in [-0.39, 0.29) is 11.4 Å². The predicted octanol–water partition coefficient (Wildman–Crippen LogP) is 4.80. The van der Waals surface area contributed by atoms with Crippen molar-refractivity contribution < 1.29 is 18.8 Å². The van der Waals surface area contributed by atoms with Gasteiger partial charge in [-0.2, -0.15) is 0 Å². The van der Waals surface area contributed by atoms with Crippen LogP contribution in [0.2, 0.25) is 0 Å². The number of nitrogens with one attached hydrogen (secondary N) is 1. The van der Waals surface area contributed by atoms with Crippen LogP contribution in [0.1, 0.15) is 78.7 Å². The molecule has 1 amide bonds. The number of hydrogen-bond donors (Lipinski definition) is 1. The maximum Gasteiger partial charge on any atom is 0.251 e. The van der Waals surface area contributed by atoms with Gasteiger partial charge in [-0.25, -0.2) is 0 Å². The number of nitrogens with zero attached hydrogens (tertiary/aromatic N) is 2. The molecule has 2 heterocycles. The minimum Gasteiger partial charge on any atom is -0.493 e. The second-order valence-electron chi connectivity index (χ2n) is 9.47. The summed E-state index contributed by atoms with van der Waals surface area (Å²) in [5.74, 6) is 1.81. The molecule has 2 aromatic rings. The third-order valence-corrected chi connectivity index (χ3v) is 7.37. The molecule has 0 unspecified atom stereocenters. The summed E-state index contributed by atoms with van der Waals surface area (Å²) >= 11 is 0. The summed E-state index contributed by atoms with van der Waals surface area (Å²) in [5, 5.41) is 7.21. The van der Waals surface area contributed by atoms with Crippen LogP contribution in [0.15, 0.2) is 22.7 Å². The molecule has 1 saturated carbocycles. The molecular formula is C26H37N3O4. The maximum atomic E-state index is 13.1. The number of aryl methyl sites for hydroxylation is 2. The minimum atomic E-state index is -0.0625. The van der Waals surface area contributed by atoms with E-state index in [1.165, 1.54) is 51.4 Å². The Hall–Kier alpha value is -2.54. The van der Waals surface area contributed by atoms with E-state index < -0.39 is 0 Å². The van der Waals surface area contributed by atoms with Crippen LogP contribution >= 0.6 is 0 Å². The number of likely N-dealkylation sites (tertiary alicyclic amines) is 1.